The average Bonchev–Trinajstić information content (AvgIpc) is 2.46. The van der Waals surface area contributed by atoms with Gasteiger partial charge in [0.1, 0.15) is 0 Å². The lowest BCUT2D eigenvalue weighted by molar-refractivity contribution is -0.594. The predicted molar refractivity (Wildman–Crippen MR) is 50.2 cm³/mol. The maximum Gasteiger partial charge on any atom is 0.419 e. The third-order valence-corrected chi connectivity index (χ3v) is 4.55. The molecule has 2 saturated heterocycles. The average molecular weight is 495 g/mol. The van der Waals surface area contributed by atoms with Crippen LogP contribution in [0.2, 0.25) is 0 Å². The zero-order valence-electron chi connectivity index (χ0n) is 12.6. The highest BCUT2D eigenvalue weighted by Gasteiger charge is 3.11. The second kappa shape index (κ2) is 5.16. The molecular weight excluding hydrogens is 495 g/mol. The number of hydrogen-bond donors (Lipinski definition) is 0. The van der Waals surface area contributed by atoms with Gasteiger partial charge in [0, 0.05) is 0 Å². The van der Waals surface area contributed by atoms with Gasteiger partial charge in [0.05, 0.1) is 0 Å². The monoisotopic (exact) mass is 495 g/mol. The first-order valence-corrected chi connectivity index (χ1v) is 6.51. The molecule has 0 saturated carbocycles. The summed E-state index contributed by atoms with van der Waals surface area (Å²) in [5.41, 5.74) is -8.64. The molecule has 0 N–H and O–H groups in total. The van der Waals surface area contributed by atoms with E-state index in [0.29, 0.717) is 0 Å². The van der Waals surface area contributed by atoms with E-state index in [1.54, 1.807) is 0 Å². The number of rotatable bonds is 0. The van der Waals surface area contributed by atoms with Gasteiger partial charge in [-0.15, -0.1) is 4.90 Å². The summed E-state index contributed by atoms with van der Waals surface area (Å²) in [4.78, 5) is -4.68. The molecule has 178 valence electrons. The lowest BCUT2D eigenvalue weighted by Crippen LogP contribution is -2.99. The number of nitrogens with zero attached hydrogens (tertiary/aromatic N) is 1. The maximum atomic E-state index is 13.8. The van der Waals surface area contributed by atoms with Gasteiger partial charge in [0.15, 0.2) is 0 Å². The van der Waals surface area contributed by atoms with Gasteiger partial charge in [-0.2, -0.15) is 83.4 Å². The van der Waals surface area contributed by atoms with Crippen molar-refractivity contribution in [2.75, 3.05) is 0 Å². The molecule has 0 amide bonds. The van der Waals surface area contributed by atoms with E-state index in [0.717, 1.165) is 0 Å². The van der Waals surface area contributed by atoms with Crippen LogP contribution in [0, 0.1) is 0 Å². The van der Waals surface area contributed by atoms with Crippen molar-refractivity contribution in [1.82, 2.24) is 4.90 Å². The van der Waals surface area contributed by atoms with Crippen molar-refractivity contribution in [1.29, 1.82) is 0 Å². The summed E-state index contributed by atoms with van der Waals surface area (Å²) in [7, 11) is 0. The standard InChI is InChI=1S/C10F19N/c11-2(12)1(8(23,24)25)3(13,14)5(17,18)7(21,22)10(28,29)30(1)9(26,27)6(19,20)4(2,15)16. The Morgan fingerprint density at radius 2 is 0.600 bits per heavy atom. The molecule has 0 aromatic heterocycles. The largest absolute Gasteiger partial charge is 0.419 e. The Labute approximate surface area is 149 Å². The van der Waals surface area contributed by atoms with Crippen LogP contribution in [0.3, 0.4) is 0 Å². The first kappa shape index (κ1) is 24.9. The van der Waals surface area contributed by atoms with E-state index in [-0.39, 0.29) is 0 Å². The number of halogens is 19. The molecule has 0 bridgehead atoms. The Morgan fingerprint density at radius 1 is 0.367 bits per heavy atom. The fraction of sp³-hybridized carbons (Fsp3) is 1.00. The Hall–Kier alpha value is -1.37. The van der Waals surface area contributed by atoms with E-state index < -0.39 is 64.2 Å². The third-order valence-electron chi connectivity index (χ3n) is 4.55. The van der Waals surface area contributed by atoms with Gasteiger partial charge in [-0.3, -0.25) is 0 Å². The topological polar surface area (TPSA) is 3.24 Å². The minimum absolute atomic E-state index is 4.68. The van der Waals surface area contributed by atoms with Crippen LogP contribution in [0.4, 0.5) is 83.4 Å². The van der Waals surface area contributed by atoms with Crippen LogP contribution >= 0.6 is 0 Å². The molecule has 0 aromatic rings. The highest BCUT2D eigenvalue weighted by molar-refractivity contribution is 5.35. The molecule has 2 fully saturated rings. The third kappa shape index (κ3) is 1.84. The van der Waals surface area contributed by atoms with Gasteiger partial charge in [-0.1, -0.05) is 0 Å². The van der Waals surface area contributed by atoms with Crippen LogP contribution in [-0.4, -0.2) is 64.2 Å². The molecule has 2 aliphatic rings. The van der Waals surface area contributed by atoms with Crippen LogP contribution in [0.1, 0.15) is 0 Å². The Bertz CT molecular complexity index is 691. The van der Waals surface area contributed by atoms with Crippen LogP contribution in [0.25, 0.3) is 0 Å². The van der Waals surface area contributed by atoms with Gasteiger partial charge in [0.25, 0.3) is 5.54 Å². The number of hydrogen-bond acceptors (Lipinski definition) is 1. The highest BCUT2D eigenvalue weighted by Crippen LogP contribution is 2.78. The second-order valence-electron chi connectivity index (χ2n) is 6.07. The number of piperidine rings is 2. The summed E-state index contributed by atoms with van der Waals surface area (Å²) in [5, 5.41) is 0. The van der Waals surface area contributed by atoms with Crippen LogP contribution < -0.4 is 0 Å². The van der Waals surface area contributed by atoms with E-state index in [4.69, 9.17) is 0 Å². The first-order valence-electron chi connectivity index (χ1n) is 6.51. The van der Waals surface area contributed by atoms with Crippen molar-refractivity contribution in [3.63, 3.8) is 0 Å². The summed E-state index contributed by atoms with van der Waals surface area (Å²) in [6.45, 7) is 0. The Balaban J connectivity index is 3.31. The van der Waals surface area contributed by atoms with Gasteiger partial charge in [-0.25, -0.2) is 0 Å². The SMILES string of the molecule is FC(F)(F)C12N(C(F)(F)C(F)(F)C(F)(F)C1(F)F)C(F)(F)C(F)(F)C(F)(F)C2(F)F. The molecule has 2 heterocycles. The summed E-state index contributed by atoms with van der Waals surface area (Å²) in [5.74, 6) is -50.5. The molecule has 0 radical (unpaired) electrons. The van der Waals surface area contributed by atoms with E-state index >= 15 is 0 Å². The van der Waals surface area contributed by atoms with Gasteiger partial charge in [0.2, 0.25) is 0 Å². The van der Waals surface area contributed by atoms with Gasteiger partial charge < -0.3 is 0 Å². The quantitative estimate of drug-likeness (QED) is 0.312. The molecule has 30 heavy (non-hydrogen) atoms. The summed E-state index contributed by atoms with van der Waals surface area (Å²) < 4.78 is 255. The molecule has 0 unspecified atom stereocenters. The van der Waals surface area contributed by atoms with E-state index in [1.807, 2.05) is 0 Å². The van der Waals surface area contributed by atoms with Crippen molar-refractivity contribution in [3.8, 4) is 0 Å². The molecule has 2 rings (SSSR count). The lowest BCUT2D eigenvalue weighted by atomic mass is 9.66. The molecule has 1 nitrogen and oxygen atoms in total. The van der Waals surface area contributed by atoms with E-state index in [1.165, 1.54) is 0 Å². The van der Waals surface area contributed by atoms with Crippen LogP contribution in [0.5, 0.6) is 0 Å². The Kier molecular flexibility index (Phi) is 4.28. The molecule has 2 aliphatic heterocycles. The molecule has 0 atom stereocenters. The lowest BCUT2D eigenvalue weighted by Gasteiger charge is -2.65. The van der Waals surface area contributed by atoms with Crippen molar-refractivity contribution in [2.24, 2.45) is 0 Å². The predicted octanol–water partition coefficient (Wildman–Crippen LogP) is 5.61. The van der Waals surface area contributed by atoms with Crippen molar-refractivity contribution < 1.29 is 83.4 Å². The fourth-order valence-corrected chi connectivity index (χ4v) is 3.07. The minimum atomic E-state index is -8.66. The van der Waals surface area contributed by atoms with Crippen LogP contribution in [-0.2, 0) is 0 Å². The normalized spacial score (nSPS) is 34.1. The zero-order valence-corrected chi connectivity index (χ0v) is 12.6. The second-order valence-corrected chi connectivity index (χ2v) is 6.07. The zero-order chi connectivity index (χ0) is 24.6. The number of alkyl halides is 19. The van der Waals surface area contributed by atoms with Crippen molar-refractivity contribution in [2.45, 2.75) is 59.3 Å². The minimum Gasteiger partial charge on any atom is -0.197 e. The van der Waals surface area contributed by atoms with Crippen molar-refractivity contribution in [3.05, 3.63) is 0 Å². The molecule has 0 spiro atoms. The number of fused-ring (bicyclic) bond motifs is 1. The van der Waals surface area contributed by atoms with Crippen molar-refractivity contribution >= 4 is 0 Å². The maximum absolute atomic E-state index is 13.8. The molecule has 0 aliphatic carbocycles. The Morgan fingerprint density at radius 3 is 0.800 bits per heavy atom. The molecular formula is C10F19N. The first-order chi connectivity index (χ1) is 12.6. The highest BCUT2D eigenvalue weighted by atomic mass is 19.4. The van der Waals surface area contributed by atoms with E-state index in [2.05, 4.69) is 0 Å². The summed E-state index contributed by atoms with van der Waals surface area (Å²) in [6, 6.07) is -16.6. The van der Waals surface area contributed by atoms with Gasteiger partial charge in [-0.05, 0) is 0 Å². The van der Waals surface area contributed by atoms with Crippen LogP contribution in [0.15, 0.2) is 0 Å². The van der Waals surface area contributed by atoms with Gasteiger partial charge >= 0.3 is 53.8 Å². The summed E-state index contributed by atoms with van der Waals surface area (Å²) >= 11 is 0. The fourth-order valence-electron chi connectivity index (χ4n) is 3.07. The molecule has 0 aromatic carbocycles. The van der Waals surface area contributed by atoms with E-state index in [9.17, 15) is 83.4 Å². The molecule has 20 heteroatoms. The smallest absolute Gasteiger partial charge is 0.197 e. The summed E-state index contributed by atoms with van der Waals surface area (Å²) in [6.07, 6.45) is -8.49.